The number of nitrogens with zero attached hydrogens (tertiary/aromatic N) is 5. The molecule has 2 heterocycles. The topological polar surface area (TPSA) is 93.3 Å². The molecule has 0 saturated carbocycles. The van der Waals surface area contributed by atoms with Crippen LogP contribution in [0.4, 0.5) is 0 Å². The molecule has 7 heteroatoms. The molecular weight excluding hydrogens is 186 g/mol. The summed E-state index contributed by atoms with van der Waals surface area (Å²) < 4.78 is 1.42. The minimum Gasteiger partial charge on any atom is -0.477 e. The van der Waals surface area contributed by atoms with Crippen molar-refractivity contribution in [3.63, 3.8) is 0 Å². The van der Waals surface area contributed by atoms with Gasteiger partial charge < -0.3 is 5.11 Å². The van der Waals surface area contributed by atoms with E-state index < -0.39 is 5.97 Å². The average molecular weight is 193 g/mol. The number of carbonyl (C=O) groups is 1. The molecule has 2 aromatic rings. The quantitative estimate of drug-likeness (QED) is 0.708. The van der Waals surface area contributed by atoms with Crippen molar-refractivity contribution < 1.29 is 9.90 Å². The number of aryl methyl sites for hydroxylation is 1. The van der Waals surface area contributed by atoms with E-state index in [-0.39, 0.29) is 11.5 Å². The largest absolute Gasteiger partial charge is 0.477 e. The van der Waals surface area contributed by atoms with Crippen LogP contribution < -0.4 is 0 Å². The molecule has 1 N–H and O–H groups in total. The van der Waals surface area contributed by atoms with E-state index >= 15 is 0 Å². The Balaban J connectivity index is 2.73. The van der Waals surface area contributed by atoms with Gasteiger partial charge in [-0.3, -0.25) is 0 Å². The van der Waals surface area contributed by atoms with Gasteiger partial charge in [0.15, 0.2) is 5.69 Å². The summed E-state index contributed by atoms with van der Waals surface area (Å²) in [6.07, 6.45) is 0.643. The van der Waals surface area contributed by atoms with Crippen LogP contribution in [0.2, 0.25) is 0 Å². The van der Waals surface area contributed by atoms with Gasteiger partial charge in [0.25, 0.3) is 5.78 Å². The van der Waals surface area contributed by atoms with Crippen LogP contribution in [-0.4, -0.2) is 36.1 Å². The Morgan fingerprint density at radius 2 is 2.43 bits per heavy atom. The monoisotopic (exact) mass is 193 g/mol. The molecule has 0 spiro atoms. The molecule has 14 heavy (non-hydrogen) atoms. The van der Waals surface area contributed by atoms with Gasteiger partial charge in [-0.25, -0.2) is 9.78 Å². The maximum absolute atomic E-state index is 10.7. The van der Waals surface area contributed by atoms with E-state index in [0.29, 0.717) is 6.42 Å². The van der Waals surface area contributed by atoms with E-state index in [1.807, 2.05) is 6.92 Å². The Labute approximate surface area is 78.4 Å². The Morgan fingerprint density at radius 3 is 3.07 bits per heavy atom. The minimum absolute atomic E-state index is 0.0378. The first-order chi connectivity index (χ1) is 6.72. The summed E-state index contributed by atoms with van der Waals surface area (Å²) in [7, 11) is 0. The minimum atomic E-state index is -1.08. The van der Waals surface area contributed by atoms with E-state index in [9.17, 15) is 4.79 Å². The number of carboxylic acid groups (broad SMARTS) is 1. The van der Waals surface area contributed by atoms with Crippen LogP contribution in [0.3, 0.4) is 0 Å². The molecule has 0 fully saturated rings. The highest BCUT2D eigenvalue weighted by Crippen LogP contribution is 2.05. The summed E-state index contributed by atoms with van der Waals surface area (Å²) >= 11 is 0. The van der Waals surface area contributed by atoms with Gasteiger partial charge in [0, 0.05) is 5.69 Å². The standard InChI is InChI=1S/C7H7N5O2/c1-2-4-3-5(6(13)14)8-7-9-10-11-12(4)7/h3H,2H2,1H3,(H,13,14). The zero-order valence-corrected chi connectivity index (χ0v) is 7.38. The van der Waals surface area contributed by atoms with Gasteiger partial charge in [-0.2, -0.15) is 4.52 Å². The van der Waals surface area contributed by atoms with Crippen LogP contribution in [0.25, 0.3) is 5.78 Å². The number of fused-ring (bicyclic) bond motifs is 1. The van der Waals surface area contributed by atoms with Crippen LogP contribution in [0.15, 0.2) is 6.07 Å². The van der Waals surface area contributed by atoms with E-state index in [4.69, 9.17) is 5.11 Å². The van der Waals surface area contributed by atoms with Crippen molar-refractivity contribution in [2.24, 2.45) is 0 Å². The zero-order valence-electron chi connectivity index (χ0n) is 7.38. The Morgan fingerprint density at radius 1 is 1.64 bits per heavy atom. The first-order valence-electron chi connectivity index (χ1n) is 4.03. The van der Waals surface area contributed by atoms with E-state index in [1.54, 1.807) is 0 Å². The summed E-state index contributed by atoms with van der Waals surface area (Å²) in [6, 6.07) is 1.46. The molecule has 0 saturated heterocycles. The molecule has 2 aromatic heterocycles. The van der Waals surface area contributed by atoms with Crippen molar-refractivity contribution in [1.29, 1.82) is 0 Å². The molecule has 0 atom stereocenters. The predicted octanol–water partition coefficient (Wildman–Crippen LogP) is -0.220. The molecule has 0 bridgehead atoms. The molecule has 0 aliphatic heterocycles. The van der Waals surface area contributed by atoms with E-state index in [0.717, 1.165) is 5.69 Å². The first kappa shape index (κ1) is 8.54. The van der Waals surface area contributed by atoms with Gasteiger partial charge in [-0.05, 0) is 22.9 Å². The summed E-state index contributed by atoms with van der Waals surface area (Å²) in [4.78, 5) is 14.5. The van der Waals surface area contributed by atoms with Crippen LogP contribution in [0.1, 0.15) is 23.1 Å². The Bertz CT molecular complexity index is 492. The fourth-order valence-electron chi connectivity index (χ4n) is 1.16. The van der Waals surface area contributed by atoms with Gasteiger partial charge in [0.2, 0.25) is 0 Å². The molecule has 0 aliphatic rings. The van der Waals surface area contributed by atoms with Crippen LogP contribution in [-0.2, 0) is 6.42 Å². The third-order valence-corrected chi connectivity index (χ3v) is 1.83. The molecule has 72 valence electrons. The number of hydrogen-bond donors (Lipinski definition) is 1. The highest BCUT2D eigenvalue weighted by Gasteiger charge is 2.11. The van der Waals surface area contributed by atoms with Crippen molar-refractivity contribution >= 4 is 11.7 Å². The van der Waals surface area contributed by atoms with Crippen molar-refractivity contribution in [2.45, 2.75) is 13.3 Å². The second-order valence-electron chi connectivity index (χ2n) is 2.68. The molecule has 0 amide bonds. The third-order valence-electron chi connectivity index (χ3n) is 1.83. The summed E-state index contributed by atoms with van der Waals surface area (Å²) in [5, 5.41) is 19.5. The lowest BCUT2D eigenvalue weighted by Crippen LogP contribution is -2.07. The molecular formula is C7H7N5O2. The number of tetrazole rings is 1. The van der Waals surface area contributed by atoms with Gasteiger partial charge >= 0.3 is 5.97 Å². The van der Waals surface area contributed by atoms with Crippen LogP contribution in [0.5, 0.6) is 0 Å². The third kappa shape index (κ3) is 1.18. The lowest BCUT2D eigenvalue weighted by molar-refractivity contribution is 0.0690. The zero-order chi connectivity index (χ0) is 10.1. The summed E-state index contributed by atoms with van der Waals surface area (Å²) in [5.74, 6) is -0.869. The van der Waals surface area contributed by atoms with Crippen LogP contribution in [0, 0.1) is 0 Å². The SMILES string of the molecule is CCc1cc(C(=O)O)nc2nnnn12. The molecule has 2 rings (SSSR count). The predicted molar refractivity (Wildman–Crippen MR) is 44.9 cm³/mol. The molecule has 0 aliphatic carbocycles. The van der Waals surface area contributed by atoms with Gasteiger partial charge in [0.05, 0.1) is 0 Å². The Kier molecular flexibility index (Phi) is 1.84. The average Bonchev–Trinajstić information content (AvgIpc) is 2.63. The lowest BCUT2D eigenvalue weighted by Gasteiger charge is -2.00. The first-order valence-corrected chi connectivity index (χ1v) is 4.03. The van der Waals surface area contributed by atoms with Crippen LogP contribution >= 0.6 is 0 Å². The number of carboxylic acids is 1. The number of hydrogen-bond acceptors (Lipinski definition) is 5. The molecule has 0 aromatic carbocycles. The maximum Gasteiger partial charge on any atom is 0.354 e. The van der Waals surface area contributed by atoms with Crippen molar-refractivity contribution in [3.8, 4) is 0 Å². The maximum atomic E-state index is 10.7. The van der Waals surface area contributed by atoms with Crippen molar-refractivity contribution in [3.05, 3.63) is 17.5 Å². The number of rotatable bonds is 2. The Hall–Kier alpha value is -2.05. The fraction of sp³-hybridized carbons (Fsp3) is 0.286. The second kappa shape index (κ2) is 3.02. The number of aromatic carboxylic acids is 1. The van der Waals surface area contributed by atoms with E-state index in [1.165, 1.54) is 10.6 Å². The lowest BCUT2D eigenvalue weighted by atomic mass is 10.3. The van der Waals surface area contributed by atoms with Crippen molar-refractivity contribution in [1.82, 2.24) is 25.0 Å². The molecule has 7 nitrogen and oxygen atoms in total. The second-order valence-corrected chi connectivity index (χ2v) is 2.68. The van der Waals surface area contributed by atoms with E-state index in [2.05, 4.69) is 20.5 Å². The normalized spacial score (nSPS) is 10.6. The fourth-order valence-corrected chi connectivity index (χ4v) is 1.16. The van der Waals surface area contributed by atoms with Crippen molar-refractivity contribution in [2.75, 3.05) is 0 Å². The smallest absolute Gasteiger partial charge is 0.354 e. The highest BCUT2D eigenvalue weighted by molar-refractivity contribution is 5.85. The molecule has 0 unspecified atom stereocenters. The number of aromatic nitrogens is 5. The van der Waals surface area contributed by atoms with Gasteiger partial charge in [0.1, 0.15) is 0 Å². The van der Waals surface area contributed by atoms with Gasteiger partial charge in [-0.15, -0.1) is 0 Å². The molecule has 0 radical (unpaired) electrons. The van der Waals surface area contributed by atoms with Gasteiger partial charge in [-0.1, -0.05) is 12.0 Å². The summed E-state index contributed by atoms with van der Waals surface area (Å²) in [5.41, 5.74) is 0.682. The summed E-state index contributed by atoms with van der Waals surface area (Å²) in [6.45, 7) is 1.89. The highest BCUT2D eigenvalue weighted by atomic mass is 16.4.